The molecule has 0 unspecified atom stereocenters. The van der Waals surface area contributed by atoms with Crippen LogP contribution in [0.4, 0.5) is 0 Å². The van der Waals surface area contributed by atoms with E-state index in [9.17, 15) is 9.59 Å². The maximum atomic E-state index is 11.7. The number of hydrogen-bond acceptors (Lipinski definition) is 3. The number of aromatic nitrogens is 1. The Morgan fingerprint density at radius 3 is 2.88 bits per heavy atom. The van der Waals surface area contributed by atoms with Crippen molar-refractivity contribution >= 4 is 5.91 Å². The van der Waals surface area contributed by atoms with Crippen LogP contribution in [0.3, 0.4) is 0 Å². The minimum absolute atomic E-state index is 0.0193. The second kappa shape index (κ2) is 6.85. The predicted molar refractivity (Wildman–Crippen MR) is 64.7 cm³/mol. The van der Waals surface area contributed by atoms with Crippen molar-refractivity contribution in [1.29, 1.82) is 0 Å². The van der Waals surface area contributed by atoms with Crippen LogP contribution < -0.4 is 5.56 Å². The van der Waals surface area contributed by atoms with E-state index < -0.39 is 0 Å². The number of aryl methyl sites for hydroxylation is 1. The van der Waals surface area contributed by atoms with Crippen LogP contribution in [-0.4, -0.2) is 40.7 Å². The molecule has 0 aliphatic heterocycles. The molecular weight excluding hydrogens is 220 g/mol. The smallest absolute Gasteiger partial charge is 0.250 e. The van der Waals surface area contributed by atoms with Crippen LogP contribution >= 0.6 is 0 Å². The summed E-state index contributed by atoms with van der Waals surface area (Å²) in [5.74, 6) is -0.0193. The molecule has 1 rings (SSSR count). The van der Waals surface area contributed by atoms with E-state index in [2.05, 4.69) is 0 Å². The van der Waals surface area contributed by atoms with Crippen molar-refractivity contribution in [1.82, 2.24) is 9.47 Å². The molecule has 0 bridgehead atoms. The zero-order valence-corrected chi connectivity index (χ0v) is 10.0. The summed E-state index contributed by atoms with van der Waals surface area (Å²) in [6.07, 6.45) is 2.54. The van der Waals surface area contributed by atoms with Gasteiger partial charge in [0, 0.05) is 45.4 Å². The van der Waals surface area contributed by atoms with Gasteiger partial charge >= 0.3 is 0 Å². The highest BCUT2D eigenvalue weighted by molar-refractivity contribution is 5.75. The van der Waals surface area contributed by atoms with Crippen LogP contribution in [0.5, 0.6) is 0 Å². The highest BCUT2D eigenvalue weighted by atomic mass is 16.3. The molecule has 5 heteroatoms. The number of carbonyl (C=O) groups excluding carboxylic acids is 1. The normalized spacial score (nSPS) is 10.2. The zero-order chi connectivity index (χ0) is 12.7. The first kappa shape index (κ1) is 13.4. The van der Waals surface area contributed by atoms with Gasteiger partial charge in [-0.25, -0.2) is 0 Å². The fourth-order valence-corrected chi connectivity index (χ4v) is 1.48. The van der Waals surface area contributed by atoms with E-state index in [-0.39, 0.29) is 18.1 Å². The van der Waals surface area contributed by atoms with E-state index in [0.717, 1.165) is 0 Å². The van der Waals surface area contributed by atoms with Gasteiger partial charge in [-0.1, -0.05) is 6.07 Å². The molecule has 0 aromatic carbocycles. The second-order valence-corrected chi connectivity index (χ2v) is 3.87. The van der Waals surface area contributed by atoms with E-state index in [4.69, 9.17) is 5.11 Å². The number of nitrogens with zero attached hydrogens (tertiary/aromatic N) is 2. The van der Waals surface area contributed by atoms with E-state index in [1.54, 1.807) is 30.3 Å². The lowest BCUT2D eigenvalue weighted by atomic mass is 10.3. The van der Waals surface area contributed by atoms with Crippen LogP contribution in [-0.2, 0) is 11.3 Å². The number of pyridine rings is 1. The number of carbonyl (C=O) groups is 1. The van der Waals surface area contributed by atoms with Gasteiger partial charge in [-0.15, -0.1) is 0 Å². The van der Waals surface area contributed by atoms with Gasteiger partial charge in [0.15, 0.2) is 0 Å². The fraction of sp³-hybridized carbons (Fsp3) is 0.500. The third-order valence-corrected chi connectivity index (χ3v) is 2.54. The molecule has 0 atom stereocenters. The van der Waals surface area contributed by atoms with E-state index in [1.165, 1.54) is 10.6 Å². The molecule has 0 aliphatic rings. The van der Waals surface area contributed by atoms with Crippen LogP contribution in [0.25, 0.3) is 0 Å². The Morgan fingerprint density at radius 1 is 1.47 bits per heavy atom. The summed E-state index contributed by atoms with van der Waals surface area (Å²) in [6, 6.07) is 4.91. The summed E-state index contributed by atoms with van der Waals surface area (Å²) in [6.45, 7) is 1.01. The van der Waals surface area contributed by atoms with Crippen LogP contribution in [0, 0.1) is 0 Å². The first-order chi connectivity index (χ1) is 8.15. The molecule has 1 aromatic heterocycles. The fourth-order valence-electron chi connectivity index (χ4n) is 1.48. The largest absolute Gasteiger partial charge is 0.396 e. The highest BCUT2D eigenvalue weighted by Gasteiger charge is 2.08. The average Bonchev–Trinajstić information content (AvgIpc) is 2.34. The Bertz CT molecular complexity index is 414. The summed E-state index contributed by atoms with van der Waals surface area (Å²) >= 11 is 0. The monoisotopic (exact) mass is 238 g/mol. The summed E-state index contributed by atoms with van der Waals surface area (Å²) in [5, 5.41) is 8.66. The predicted octanol–water partition coefficient (Wildman–Crippen LogP) is 0.0792. The summed E-state index contributed by atoms with van der Waals surface area (Å²) in [4.78, 5) is 24.6. The van der Waals surface area contributed by atoms with E-state index in [0.29, 0.717) is 25.9 Å². The van der Waals surface area contributed by atoms with Crippen molar-refractivity contribution in [2.24, 2.45) is 0 Å². The number of hydrogen-bond donors (Lipinski definition) is 1. The maximum absolute atomic E-state index is 11.7. The average molecular weight is 238 g/mol. The third-order valence-electron chi connectivity index (χ3n) is 2.54. The van der Waals surface area contributed by atoms with Crippen molar-refractivity contribution in [3.8, 4) is 0 Å². The first-order valence-corrected chi connectivity index (χ1v) is 5.65. The molecule has 0 saturated heterocycles. The van der Waals surface area contributed by atoms with Crippen molar-refractivity contribution in [2.75, 3.05) is 20.2 Å². The van der Waals surface area contributed by atoms with Crippen LogP contribution in [0.1, 0.15) is 12.8 Å². The topological polar surface area (TPSA) is 62.5 Å². The minimum Gasteiger partial charge on any atom is -0.396 e. The van der Waals surface area contributed by atoms with Gasteiger partial charge in [-0.05, 0) is 12.5 Å². The standard InChI is InChI=1S/C12H18N2O3/c1-13(7-4-10-15)11(16)6-9-14-8-3-2-5-12(14)17/h2-3,5,8,15H,4,6-7,9-10H2,1H3. The van der Waals surface area contributed by atoms with E-state index in [1.807, 2.05) is 0 Å². The van der Waals surface area contributed by atoms with Crippen LogP contribution in [0.2, 0.25) is 0 Å². The molecule has 94 valence electrons. The Labute approximate surface area is 100 Å². The van der Waals surface area contributed by atoms with Gasteiger partial charge in [0.1, 0.15) is 0 Å². The molecule has 1 N–H and O–H groups in total. The minimum atomic E-state index is -0.0988. The lowest BCUT2D eigenvalue weighted by Gasteiger charge is -2.16. The van der Waals surface area contributed by atoms with Gasteiger partial charge in [0.05, 0.1) is 0 Å². The highest BCUT2D eigenvalue weighted by Crippen LogP contribution is 1.95. The molecule has 0 fully saturated rings. The van der Waals surface area contributed by atoms with Gasteiger partial charge in [0.2, 0.25) is 5.91 Å². The Hall–Kier alpha value is -1.62. The Balaban J connectivity index is 2.43. The SMILES string of the molecule is CN(CCCO)C(=O)CCn1ccccc1=O. The summed E-state index contributed by atoms with van der Waals surface area (Å²) in [7, 11) is 1.70. The number of aliphatic hydroxyl groups is 1. The second-order valence-electron chi connectivity index (χ2n) is 3.87. The number of aliphatic hydroxyl groups excluding tert-OH is 1. The number of amides is 1. The zero-order valence-electron chi connectivity index (χ0n) is 10.0. The molecular formula is C12H18N2O3. The lowest BCUT2D eigenvalue weighted by molar-refractivity contribution is -0.130. The van der Waals surface area contributed by atoms with Gasteiger partial charge < -0.3 is 14.6 Å². The molecule has 0 radical (unpaired) electrons. The van der Waals surface area contributed by atoms with Crippen molar-refractivity contribution in [3.63, 3.8) is 0 Å². The molecule has 1 heterocycles. The molecule has 5 nitrogen and oxygen atoms in total. The molecule has 1 amide bonds. The van der Waals surface area contributed by atoms with Crippen molar-refractivity contribution < 1.29 is 9.90 Å². The molecule has 0 aliphatic carbocycles. The molecule has 0 spiro atoms. The van der Waals surface area contributed by atoms with E-state index >= 15 is 0 Å². The first-order valence-electron chi connectivity index (χ1n) is 5.65. The molecule has 0 saturated carbocycles. The number of rotatable bonds is 6. The van der Waals surface area contributed by atoms with Crippen LogP contribution in [0.15, 0.2) is 29.2 Å². The van der Waals surface area contributed by atoms with Crippen molar-refractivity contribution in [2.45, 2.75) is 19.4 Å². The molecule has 1 aromatic rings. The Kier molecular flexibility index (Phi) is 5.42. The molecule has 17 heavy (non-hydrogen) atoms. The van der Waals surface area contributed by atoms with Gasteiger partial charge in [-0.2, -0.15) is 0 Å². The Morgan fingerprint density at radius 2 is 2.24 bits per heavy atom. The van der Waals surface area contributed by atoms with Crippen molar-refractivity contribution in [3.05, 3.63) is 34.7 Å². The van der Waals surface area contributed by atoms with Gasteiger partial charge in [-0.3, -0.25) is 9.59 Å². The third kappa shape index (κ3) is 4.40. The van der Waals surface area contributed by atoms with Gasteiger partial charge in [0.25, 0.3) is 5.56 Å². The maximum Gasteiger partial charge on any atom is 0.250 e. The quantitative estimate of drug-likeness (QED) is 0.763. The summed E-state index contributed by atoms with van der Waals surface area (Å²) in [5.41, 5.74) is -0.0988. The lowest BCUT2D eigenvalue weighted by Crippen LogP contribution is -2.30. The summed E-state index contributed by atoms with van der Waals surface area (Å²) < 4.78 is 1.51.